The lowest BCUT2D eigenvalue weighted by Crippen LogP contribution is -2.85. The van der Waals surface area contributed by atoms with E-state index in [4.69, 9.17) is 0 Å². The molecule has 1 aromatic rings. The van der Waals surface area contributed by atoms with Gasteiger partial charge in [0, 0.05) is 10.2 Å². The molecule has 0 heterocycles. The predicted octanol–water partition coefficient (Wildman–Crippen LogP) is 0.971. The van der Waals surface area contributed by atoms with Crippen molar-refractivity contribution >= 4 is 27.5 Å². The molecule has 0 aliphatic rings. The summed E-state index contributed by atoms with van der Waals surface area (Å²) in [4.78, 5) is 11.3. The molecule has 3 nitrogen and oxygen atoms in total. The number of halogens is 1. The summed E-state index contributed by atoms with van der Waals surface area (Å²) in [6.45, 7) is 3.42. The summed E-state index contributed by atoms with van der Waals surface area (Å²) >= 11 is 3.33. The Balaban J connectivity index is 2.44. The Hall–Kier alpha value is -0.870. The lowest BCUT2D eigenvalue weighted by Gasteiger charge is -2.03. The van der Waals surface area contributed by atoms with Gasteiger partial charge in [-0.3, -0.25) is 4.79 Å². The van der Waals surface area contributed by atoms with E-state index in [0.717, 1.165) is 16.7 Å². The Bertz CT molecular complexity index is 297. The molecular formula is C10H14BrN2O+. The van der Waals surface area contributed by atoms with E-state index in [-0.39, 0.29) is 5.91 Å². The maximum absolute atomic E-state index is 11.3. The highest BCUT2D eigenvalue weighted by Gasteiger charge is 2.02. The number of hydrogen-bond acceptors (Lipinski definition) is 1. The van der Waals surface area contributed by atoms with E-state index in [1.807, 2.05) is 36.5 Å². The number of likely N-dealkylation sites (N-methyl/N-ethyl adjacent to an activating group) is 1. The van der Waals surface area contributed by atoms with Gasteiger partial charge in [0.1, 0.15) is 0 Å². The Morgan fingerprint density at radius 1 is 1.43 bits per heavy atom. The van der Waals surface area contributed by atoms with Crippen molar-refractivity contribution in [2.75, 3.05) is 18.4 Å². The number of benzene rings is 1. The minimum Gasteiger partial charge on any atom is -0.339 e. The molecule has 0 saturated carbocycles. The maximum Gasteiger partial charge on any atom is 0.279 e. The van der Waals surface area contributed by atoms with Gasteiger partial charge in [0.25, 0.3) is 5.91 Å². The van der Waals surface area contributed by atoms with Gasteiger partial charge in [0.2, 0.25) is 0 Å². The van der Waals surface area contributed by atoms with E-state index < -0.39 is 0 Å². The number of carbonyl (C=O) groups excluding carboxylic acids is 1. The highest BCUT2D eigenvalue weighted by molar-refractivity contribution is 9.10. The van der Waals surface area contributed by atoms with Crippen LogP contribution in [0.4, 0.5) is 5.69 Å². The number of nitrogens with one attached hydrogen (secondary N) is 1. The molecule has 4 heteroatoms. The Morgan fingerprint density at radius 2 is 2.07 bits per heavy atom. The van der Waals surface area contributed by atoms with Gasteiger partial charge in [-0.05, 0) is 31.2 Å². The third kappa shape index (κ3) is 3.89. The van der Waals surface area contributed by atoms with E-state index in [1.165, 1.54) is 0 Å². The second kappa shape index (κ2) is 5.78. The zero-order chi connectivity index (χ0) is 10.4. The third-order valence-electron chi connectivity index (χ3n) is 1.75. The van der Waals surface area contributed by atoms with Crippen LogP contribution in [0.2, 0.25) is 0 Å². The highest BCUT2D eigenvalue weighted by atomic mass is 79.9. The first kappa shape index (κ1) is 11.2. The molecule has 0 spiro atoms. The summed E-state index contributed by atoms with van der Waals surface area (Å²) in [5.74, 6) is 0.0363. The minimum absolute atomic E-state index is 0.0363. The second-order valence-electron chi connectivity index (χ2n) is 2.96. The standard InChI is InChI=1S/C10H13BrN2O/c1-2-12-7-10(14)13-9-5-3-8(11)4-6-9/h3-6,12H,2,7H2,1H3,(H,13,14)/p+1. The van der Waals surface area contributed by atoms with Gasteiger partial charge < -0.3 is 10.6 Å². The lowest BCUT2D eigenvalue weighted by molar-refractivity contribution is -0.640. The topological polar surface area (TPSA) is 45.7 Å². The summed E-state index contributed by atoms with van der Waals surface area (Å²) in [6, 6.07) is 7.54. The number of rotatable bonds is 4. The van der Waals surface area contributed by atoms with Crippen LogP contribution in [0.5, 0.6) is 0 Å². The van der Waals surface area contributed by atoms with E-state index >= 15 is 0 Å². The molecule has 0 aromatic heterocycles. The highest BCUT2D eigenvalue weighted by Crippen LogP contribution is 2.13. The second-order valence-corrected chi connectivity index (χ2v) is 3.87. The minimum atomic E-state index is 0.0363. The largest absolute Gasteiger partial charge is 0.339 e. The van der Waals surface area contributed by atoms with Crippen molar-refractivity contribution in [3.05, 3.63) is 28.7 Å². The molecule has 1 aromatic carbocycles. The average molecular weight is 258 g/mol. The van der Waals surface area contributed by atoms with Crippen LogP contribution in [0.15, 0.2) is 28.7 Å². The van der Waals surface area contributed by atoms with Crippen molar-refractivity contribution < 1.29 is 10.1 Å². The van der Waals surface area contributed by atoms with Crippen LogP contribution in [-0.4, -0.2) is 19.0 Å². The number of nitrogens with two attached hydrogens (primary N) is 1. The van der Waals surface area contributed by atoms with Crippen LogP contribution >= 0.6 is 15.9 Å². The molecule has 0 unspecified atom stereocenters. The summed E-state index contributed by atoms with van der Waals surface area (Å²) in [7, 11) is 0. The van der Waals surface area contributed by atoms with Gasteiger partial charge in [-0.1, -0.05) is 15.9 Å². The molecule has 0 saturated heterocycles. The molecule has 0 fully saturated rings. The van der Waals surface area contributed by atoms with Crippen LogP contribution in [0.1, 0.15) is 6.92 Å². The fourth-order valence-corrected chi connectivity index (χ4v) is 1.29. The van der Waals surface area contributed by atoms with Gasteiger partial charge >= 0.3 is 0 Å². The molecule has 1 rings (SSSR count). The molecule has 0 radical (unpaired) electrons. The normalized spacial score (nSPS) is 9.86. The number of carbonyl (C=O) groups is 1. The van der Waals surface area contributed by atoms with Crippen LogP contribution in [-0.2, 0) is 4.79 Å². The zero-order valence-electron chi connectivity index (χ0n) is 8.09. The molecule has 0 aliphatic carbocycles. The number of anilines is 1. The number of hydrogen-bond donors (Lipinski definition) is 2. The van der Waals surface area contributed by atoms with Crippen molar-refractivity contribution in [2.24, 2.45) is 0 Å². The van der Waals surface area contributed by atoms with E-state index in [1.54, 1.807) is 0 Å². The fourth-order valence-electron chi connectivity index (χ4n) is 1.02. The monoisotopic (exact) mass is 257 g/mol. The third-order valence-corrected chi connectivity index (χ3v) is 2.28. The van der Waals surface area contributed by atoms with Gasteiger partial charge in [-0.2, -0.15) is 0 Å². The average Bonchev–Trinajstić information content (AvgIpc) is 2.18. The Kier molecular flexibility index (Phi) is 4.62. The SMILES string of the molecule is CC[NH2+]CC(=O)Nc1ccc(Br)cc1. The molecular weight excluding hydrogens is 244 g/mol. The molecule has 14 heavy (non-hydrogen) atoms. The summed E-state index contributed by atoms with van der Waals surface area (Å²) in [6.07, 6.45) is 0. The molecule has 0 bridgehead atoms. The fraction of sp³-hybridized carbons (Fsp3) is 0.300. The Morgan fingerprint density at radius 3 is 2.64 bits per heavy atom. The van der Waals surface area contributed by atoms with Gasteiger partial charge in [0.05, 0.1) is 6.54 Å². The quantitative estimate of drug-likeness (QED) is 0.830. The number of quaternary nitrogens is 1. The zero-order valence-corrected chi connectivity index (χ0v) is 9.67. The Labute approximate surface area is 92.0 Å². The van der Waals surface area contributed by atoms with Crippen LogP contribution in [0.3, 0.4) is 0 Å². The van der Waals surface area contributed by atoms with E-state index in [2.05, 4.69) is 21.2 Å². The molecule has 3 N–H and O–H groups in total. The van der Waals surface area contributed by atoms with Crippen LogP contribution < -0.4 is 10.6 Å². The van der Waals surface area contributed by atoms with Gasteiger partial charge in [-0.15, -0.1) is 0 Å². The molecule has 1 amide bonds. The van der Waals surface area contributed by atoms with Gasteiger partial charge in [0.15, 0.2) is 6.54 Å². The van der Waals surface area contributed by atoms with Crippen LogP contribution in [0, 0.1) is 0 Å². The van der Waals surface area contributed by atoms with Crippen molar-refractivity contribution in [1.82, 2.24) is 0 Å². The van der Waals surface area contributed by atoms with Gasteiger partial charge in [-0.25, -0.2) is 0 Å². The summed E-state index contributed by atoms with van der Waals surface area (Å²) in [5, 5.41) is 4.77. The first-order valence-electron chi connectivity index (χ1n) is 4.59. The summed E-state index contributed by atoms with van der Waals surface area (Å²) in [5.41, 5.74) is 0.836. The van der Waals surface area contributed by atoms with E-state index in [9.17, 15) is 4.79 Å². The van der Waals surface area contributed by atoms with E-state index in [0.29, 0.717) is 6.54 Å². The molecule has 0 atom stereocenters. The van der Waals surface area contributed by atoms with Crippen molar-refractivity contribution in [3.63, 3.8) is 0 Å². The van der Waals surface area contributed by atoms with Crippen molar-refractivity contribution in [3.8, 4) is 0 Å². The smallest absolute Gasteiger partial charge is 0.279 e. The molecule has 76 valence electrons. The predicted molar refractivity (Wildman–Crippen MR) is 60.1 cm³/mol. The van der Waals surface area contributed by atoms with Crippen molar-refractivity contribution in [1.29, 1.82) is 0 Å². The molecule has 0 aliphatic heterocycles. The lowest BCUT2D eigenvalue weighted by atomic mass is 10.3. The maximum atomic E-state index is 11.3. The first-order chi connectivity index (χ1) is 6.72. The summed E-state index contributed by atoms with van der Waals surface area (Å²) < 4.78 is 1.01. The van der Waals surface area contributed by atoms with Crippen molar-refractivity contribution in [2.45, 2.75) is 6.92 Å². The first-order valence-corrected chi connectivity index (χ1v) is 5.38. The number of amides is 1. The van der Waals surface area contributed by atoms with Crippen LogP contribution in [0.25, 0.3) is 0 Å².